The van der Waals surface area contributed by atoms with E-state index in [1.165, 1.54) is 22.3 Å². The van der Waals surface area contributed by atoms with Gasteiger partial charge in [0.25, 0.3) is 0 Å². The second-order valence-electron chi connectivity index (χ2n) is 10.9. The number of nitrogens with one attached hydrogen (secondary N) is 1. The lowest BCUT2D eigenvalue weighted by Crippen LogP contribution is -2.53. The molecule has 2 aromatic carbocycles. The summed E-state index contributed by atoms with van der Waals surface area (Å²) in [6.07, 6.45) is 2.96. The summed E-state index contributed by atoms with van der Waals surface area (Å²) in [5, 5.41) is 3.23. The van der Waals surface area contributed by atoms with Gasteiger partial charge in [0.1, 0.15) is 11.9 Å². The Kier molecular flexibility index (Phi) is 5.64. The molecule has 2 bridgehead atoms. The average molecular weight is 449 g/mol. The first kappa shape index (κ1) is 22.3. The van der Waals surface area contributed by atoms with Gasteiger partial charge in [0.05, 0.1) is 13.2 Å². The van der Waals surface area contributed by atoms with Gasteiger partial charge in [0.2, 0.25) is 0 Å². The van der Waals surface area contributed by atoms with Crippen molar-refractivity contribution in [3.05, 3.63) is 52.6 Å². The Hall–Kier alpha value is -2.53. The Morgan fingerprint density at radius 1 is 1.06 bits per heavy atom. The van der Waals surface area contributed by atoms with E-state index >= 15 is 0 Å². The molecular weight excluding hydrogens is 412 g/mol. The van der Waals surface area contributed by atoms with Crippen molar-refractivity contribution in [2.75, 3.05) is 26.7 Å². The lowest BCUT2D eigenvalue weighted by molar-refractivity contribution is -0.0348. The summed E-state index contributed by atoms with van der Waals surface area (Å²) >= 11 is 0. The molecule has 0 spiro atoms. The minimum Gasteiger partial charge on any atom is -0.496 e. The Morgan fingerprint density at radius 2 is 1.76 bits per heavy atom. The number of nitrogens with zero attached hydrogens (tertiary/aromatic N) is 1. The van der Waals surface area contributed by atoms with Crippen LogP contribution >= 0.6 is 0 Å². The van der Waals surface area contributed by atoms with Crippen LogP contribution < -0.4 is 10.1 Å². The van der Waals surface area contributed by atoms with E-state index in [9.17, 15) is 4.79 Å². The molecule has 3 heterocycles. The summed E-state index contributed by atoms with van der Waals surface area (Å²) in [7, 11) is 1.72. The summed E-state index contributed by atoms with van der Waals surface area (Å²) in [6, 6.07) is 11.0. The van der Waals surface area contributed by atoms with Crippen LogP contribution in [0.25, 0.3) is 11.1 Å². The molecule has 3 aliphatic heterocycles. The van der Waals surface area contributed by atoms with Gasteiger partial charge in [0, 0.05) is 6.54 Å². The number of carbonyl (C=O) groups excluding carboxylic acids is 1. The van der Waals surface area contributed by atoms with E-state index < -0.39 is 0 Å². The lowest BCUT2D eigenvalue weighted by atomic mass is 9.85. The van der Waals surface area contributed by atoms with E-state index in [0.29, 0.717) is 5.92 Å². The van der Waals surface area contributed by atoms with Gasteiger partial charge < -0.3 is 14.8 Å². The zero-order valence-electron chi connectivity index (χ0n) is 20.5. The predicted molar refractivity (Wildman–Crippen MR) is 131 cm³/mol. The van der Waals surface area contributed by atoms with Gasteiger partial charge >= 0.3 is 6.09 Å². The highest BCUT2D eigenvalue weighted by Crippen LogP contribution is 2.46. The second-order valence-corrected chi connectivity index (χ2v) is 10.9. The topological polar surface area (TPSA) is 50.8 Å². The van der Waals surface area contributed by atoms with Crippen molar-refractivity contribution in [3.8, 4) is 16.9 Å². The number of aryl methyl sites for hydroxylation is 2. The minimum atomic E-state index is -0.273. The van der Waals surface area contributed by atoms with Crippen LogP contribution in [0.3, 0.4) is 0 Å². The summed E-state index contributed by atoms with van der Waals surface area (Å²) < 4.78 is 11.5. The van der Waals surface area contributed by atoms with Crippen molar-refractivity contribution in [3.63, 3.8) is 0 Å². The van der Waals surface area contributed by atoms with Crippen molar-refractivity contribution in [1.82, 2.24) is 10.2 Å². The van der Waals surface area contributed by atoms with Crippen LogP contribution in [0, 0.1) is 25.2 Å². The van der Waals surface area contributed by atoms with Gasteiger partial charge in [0.15, 0.2) is 0 Å². The zero-order valence-corrected chi connectivity index (χ0v) is 20.5. The Labute approximate surface area is 197 Å². The quantitative estimate of drug-likeness (QED) is 0.678. The van der Waals surface area contributed by atoms with Crippen LogP contribution in [0.5, 0.6) is 5.75 Å². The van der Waals surface area contributed by atoms with E-state index in [4.69, 9.17) is 9.47 Å². The highest BCUT2D eigenvalue weighted by molar-refractivity contribution is 5.71. The molecule has 4 aliphatic rings. The first-order valence-electron chi connectivity index (χ1n) is 12.2. The van der Waals surface area contributed by atoms with E-state index in [1.54, 1.807) is 7.11 Å². The van der Waals surface area contributed by atoms with Crippen molar-refractivity contribution >= 4 is 6.09 Å². The van der Waals surface area contributed by atoms with Crippen LogP contribution in [0.2, 0.25) is 0 Å². The molecule has 6 rings (SSSR count). The normalized spacial score (nSPS) is 27.2. The van der Waals surface area contributed by atoms with E-state index in [-0.39, 0.29) is 23.7 Å². The molecular formula is C28H36N2O3. The van der Waals surface area contributed by atoms with Crippen LogP contribution in [-0.2, 0) is 11.2 Å². The van der Waals surface area contributed by atoms with Crippen LogP contribution in [0.15, 0.2) is 30.3 Å². The highest BCUT2D eigenvalue weighted by Gasteiger charge is 2.42. The SMILES string of the molecule is COc1c(C)cc(-c2ccc3c(c2)CC(C)(C)C3NC(=O)O[C@@H]2CN3CCC2CC3)cc1C. The third kappa shape index (κ3) is 4.12. The standard InChI is InChI=1S/C28H36N2O3/c1-17-12-21(13-18(2)25(17)32-5)20-6-7-23-22(14-20)15-28(3,4)26(23)29-27(31)33-24-16-30-10-8-19(24)9-11-30/h6-7,12-14,19,24,26H,8-11,15-16H2,1-5H3,(H,29,31)/t24-,26?/m1/s1. The number of ether oxygens (including phenoxy) is 2. The number of carbonyl (C=O) groups is 1. The number of benzene rings is 2. The van der Waals surface area contributed by atoms with Crippen molar-refractivity contribution in [2.45, 2.75) is 59.1 Å². The van der Waals surface area contributed by atoms with E-state index in [0.717, 1.165) is 55.8 Å². The first-order chi connectivity index (χ1) is 15.7. The van der Waals surface area contributed by atoms with Crippen molar-refractivity contribution in [1.29, 1.82) is 0 Å². The number of hydrogen-bond donors (Lipinski definition) is 1. The van der Waals surface area contributed by atoms with Gasteiger partial charge in [-0.3, -0.25) is 4.90 Å². The number of alkyl carbamates (subject to hydrolysis) is 1. The van der Waals surface area contributed by atoms with Crippen LogP contribution in [0.1, 0.15) is 55.0 Å². The number of methoxy groups -OCH3 is 1. The number of hydrogen-bond acceptors (Lipinski definition) is 4. The molecule has 2 aromatic rings. The van der Waals surface area contributed by atoms with Crippen molar-refractivity contribution in [2.24, 2.45) is 11.3 Å². The Bertz CT molecular complexity index is 1050. The molecule has 1 N–H and O–H groups in total. The van der Waals surface area contributed by atoms with E-state index in [1.807, 2.05) is 0 Å². The Morgan fingerprint density at radius 3 is 2.36 bits per heavy atom. The van der Waals surface area contributed by atoms with Crippen molar-refractivity contribution < 1.29 is 14.3 Å². The maximum absolute atomic E-state index is 12.9. The molecule has 33 heavy (non-hydrogen) atoms. The minimum absolute atomic E-state index is 0.0282. The molecule has 1 aliphatic carbocycles. The fourth-order valence-corrected chi connectivity index (χ4v) is 6.28. The molecule has 3 fully saturated rings. The third-order valence-corrected chi connectivity index (χ3v) is 8.00. The number of piperidine rings is 3. The molecule has 5 heteroatoms. The third-order valence-electron chi connectivity index (χ3n) is 8.00. The maximum Gasteiger partial charge on any atom is 0.407 e. The number of amides is 1. The zero-order chi connectivity index (χ0) is 23.3. The van der Waals surface area contributed by atoms with Gasteiger partial charge in [-0.1, -0.05) is 32.0 Å². The smallest absolute Gasteiger partial charge is 0.407 e. The summed E-state index contributed by atoms with van der Waals surface area (Å²) in [5.74, 6) is 1.47. The molecule has 0 aromatic heterocycles. The number of fused-ring (bicyclic) bond motifs is 4. The molecule has 1 amide bonds. The van der Waals surface area contributed by atoms with Gasteiger partial charge in [-0.05, 0) is 103 Å². The lowest BCUT2D eigenvalue weighted by Gasteiger charge is -2.44. The first-order valence-corrected chi connectivity index (χ1v) is 12.2. The molecule has 1 unspecified atom stereocenters. The molecule has 2 atom stereocenters. The second kappa shape index (κ2) is 8.35. The van der Waals surface area contributed by atoms with Crippen LogP contribution in [0.4, 0.5) is 4.79 Å². The molecule has 0 radical (unpaired) electrons. The predicted octanol–water partition coefficient (Wildman–Crippen LogP) is 5.42. The van der Waals surface area contributed by atoms with Gasteiger partial charge in [-0.15, -0.1) is 0 Å². The van der Waals surface area contributed by atoms with Gasteiger partial charge in [-0.2, -0.15) is 0 Å². The summed E-state index contributed by atoms with van der Waals surface area (Å²) in [6.45, 7) is 11.8. The largest absolute Gasteiger partial charge is 0.496 e. The monoisotopic (exact) mass is 448 g/mol. The molecule has 176 valence electrons. The molecule has 3 saturated heterocycles. The average Bonchev–Trinajstić information content (AvgIpc) is 3.03. The summed E-state index contributed by atoms with van der Waals surface area (Å²) in [4.78, 5) is 15.3. The Balaban J connectivity index is 1.35. The highest BCUT2D eigenvalue weighted by atomic mass is 16.6. The fraction of sp³-hybridized carbons (Fsp3) is 0.536. The molecule has 5 nitrogen and oxygen atoms in total. The van der Waals surface area contributed by atoms with Crippen LogP contribution in [-0.4, -0.2) is 43.8 Å². The van der Waals surface area contributed by atoms with Gasteiger partial charge in [-0.25, -0.2) is 4.79 Å². The maximum atomic E-state index is 12.9. The number of rotatable bonds is 4. The fourth-order valence-electron chi connectivity index (χ4n) is 6.28. The summed E-state index contributed by atoms with van der Waals surface area (Å²) in [5.41, 5.74) is 7.12. The molecule has 0 saturated carbocycles. The van der Waals surface area contributed by atoms with E-state index in [2.05, 4.69) is 68.2 Å².